The fourth-order valence-electron chi connectivity index (χ4n) is 4.20. The highest BCUT2D eigenvalue weighted by Gasteiger charge is 2.39. The van der Waals surface area contributed by atoms with Gasteiger partial charge in [-0.05, 0) is 41.3 Å². The van der Waals surface area contributed by atoms with Crippen LogP contribution in [0.3, 0.4) is 0 Å². The zero-order valence-corrected chi connectivity index (χ0v) is 18.0. The maximum Gasteiger partial charge on any atom is 0.140 e. The zero-order valence-electron chi connectivity index (χ0n) is 16.4. The van der Waals surface area contributed by atoms with Gasteiger partial charge in [-0.3, -0.25) is 4.90 Å². The van der Waals surface area contributed by atoms with E-state index < -0.39 is 28.3 Å². The first-order valence-corrected chi connectivity index (χ1v) is 11.5. The van der Waals surface area contributed by atoms with Gasteiger partial charge in [-0.1, -0.05) is 23.7 Å². The number of hydrogen-bond acceptors (Lipinski definition) is 5. The lowest BCUT2D eigenvalue weighted by Gasteiger charge is -2.47. The molecule has 0 saturated carbocycles. The summed E-state index contributed by atoms with van der Waals surface area (Å²) in [6.07, 6.45) is 4.95. The molecule has 0 unspecified atom stereocenters. The molecule has 1 aliphatic heterocycles. The fourth-order valence-corrected chi connectivity index (χ4v) is 5.16. The van der Waals surface area contributed by atoms with E-state index >= 15 is 0 Å². The van der Waals surface area contributed by atoms with Gasteiger partial charge in [0.1, 0.15) is 28.7 Å². The van der Waals surface area contributed by atoms with Crippen molar-refractivity contribution < 1.29 is 17.2 Å². The second-order valence-electron chi connectivity index (χ2n) is 7.66. The van der Waals surface area contributed by atoms with E-state index in [1.165, 1.54) is 18.5 Å². The molecule has 3 aromatic rings. The predicted octanol–water partition coefficient (Wildman–Crippen LogP) is 3.82. The number of hydrogen-bond donors (Lipinski definition) is 1. The molecule has 5 nitrogen and oxygen atoms in total. The highest BCUT2D eigenvalue weighted by Crippen LogP contribution is 2.40. The van der Waals surface area contributed by atoms with Crippen molar-refractivity contribution >= 4 is 22.3 Å². The summed E-state index contributed by atoms with van der Waals surface area (Å²) in [5.74, 6) is -2.12. The smallest absolute Gasteiger partial charge is 0.140 e. The molecule has 1 aliphatic rings. The van der Waals surface area contributed by atoms with Gasteiger partial charge < -0.3 is 0 Å². The monoisotopic (exact) mass is 463 g/mol. The normalized spacial score (nSPS) is 16.8. The van der Waals surface area contributed by atoms with Crippen LogP contribution in [0, 0.1) is 17.6 Å². The molecule has 162 valence electrons. The Hall–Kier alpha value is -2.42. The van der Waals surface area contributed by atoms with Gasteiger partial charge in [-0.15, -0.1) is 0 Å². The number of likely N-dealkylation sites (tertiary alicyclic amines) is 1. The summed E-state index contributed by atoms with van der Waals surface area (Å²) in [6, 6.07) is 10.6. The van der Waals surface area contributed by atoms with Crippen molar-refractivity contribution in [3.05, 3.63) is 94.5 Å². The molecule has 2 heterocycles. The highest BCUT2D eigenvalue weighted by molar-refractivity contribution is 7.72. The van der Waals surface area contributed by atoms with Crippen LogP contribution in [0.2, 0.25) is 5.02 Å². The van der Waals surface area contributed by atoms with E-state index in [-0.39, 0.29) is 17.7 Å². The standard InChI is InChI=1S/C22H20ClF2N3O2S/c23-18-3-1-14(2-4-18)22(16-8-26-13-27-9-16)28-10-17(11-28)21(12-31(29)30)15-5-19(24)7-20(25)6-15/h1-9,13,17,21-22,31H,10-12H2/t21-,22+/m0/s1. The zero-order chi connectivity index (χ0) is 22.0. The molecule has 2 aromatic carbocycles. The minimum absolute atomic E-state index is 0.0615. The van der Waals surface area contributed by atoms with Gasteiger partial charge in [0, 0.05) is 48.1 Å². The van der Waals surface area contributed by atoms with E-state index in [1.807, 2.05) is 24.3 Å². The van der Waals surface area contributed by atoms with Crippen LogP contribution in [-0.4, -0.2) is 42.1 Å². The molecular weight excluding hydrogens is 444 g/mol. The minimum atomic E-state index is -2.71. The molecular formula is C22H20ClF2N3O2S. The van der Waals surface area contributed by atoms with E-state index in [4.69, 9.17) is 11.6 Å². The molecule has 0 bridgehead atoms. The summed E-state index contributed by atoms with van der Waals surface area (Å²) in [5.41, 5.74) is 2.26. The van der Waals surface area contributed by atoms with Crippen LogP contribution < -0.4 is 0 Å². The lowest BCUT2D eigenvalue weighted by atomic mass is 9.80. The molecule has 0 N–H and O–H groups in total. The molecule has 2 atom stereocenters. The maximum atomic E-state index is 13.8. The number of thiol groups is 1. The largest absolute Gasteiger partial charge is 0.292 e. The van der Waals surface area contributed by atoms with Gasteiger partial charge in [0.05, 0.1) is 11.8 Å². The first kappa shape index (κ1) is 21.8. The van der Waals surface area contributed by atoms with Crippen molar-refractivity contribution in [2.75, 3.05) is 18.8 Å². The second kappa shape index (κ2) is 9.38. The van der Waals surface area contributed by atoms with E-state index in [2.05, 4.69) is 14.9 Å². The van der Waals surface area contributed by atoms with Crippen molar-refractivity contribution in [2.24, 2.45) is 5.92 Å². The third-order valence-electron chi connectivity index (χ3n) is 5.61. The quantitative estimate of drug-likeness (QED) is 0.540. The summed E-state index contributed by atoms with van der Waals surface area (Å²) in [4.78, 5) is 10.4. The maximum absolute atomic E-state index is 13.8. The van der Waals surface area contributed by atoms with E-state index in [1.54, 1.807) is 12.4 Å². The van der Waals surface area contributed by atoms with Crippen molar-refractivity contribution in [3.8, 4) is 0 Å². The van der Waals surface area contributed by atoms with Crippen LogP contribution in [0.1, 0.15) is 28.7 Å². The lowest BCUT2D eigenvalue weighted by molar-refractivity contribution is 0.0553. The average Bonchev–Trinajstić information content (AvgIpc) is 2.70. The van der Waals surface area contributed by atoms with Gasteiger partial charge in [-0.25, -0.2) is 27.2 Å². The predicted molar refractivity (Wildman–Crippen MR) is 115 cm³/mol. The summed E-state index contributed by atoms with van der Waals surface area (Å²) >= 11 is 6.04. The Morgan fingerprint density at radius 3 is 2.16 bits per heavy atom. The van der Waals surface area contributed by atoms with Crippen molar-refractivity contribution in [1.29, 1.82) is 0 Å². The number of benzene rings is 2. The Morgan fingerprint density at radius 2 is 1.58 bits per heavy atom. The lowest BCUT2D eigenvalue weighted by Crippen LogP contribution is -2.51. The van der Waals surface area contributed by atoms with E-state index in [0.717, 1.165) is 17.2 Å². The van der Waals surface area contributed by atoms with Crippen LogP contribution in [0.25, 0.3) is 0 Å². The topological polar surface area (TPSA) is 63.2 Å². The Morgan fingerprint density at radius 1 is 0.968 bits per heavy atom. The van der Waals surface area contributed by atoms with Crippen molar-refractivity contribution in [2.45, 2.75) is 12.0 Å². The van der Waals surface area contributed by atoms with E-state index in [0.29, 0.717) is 23.7 Å². The summed E-state index contributed by atoms with van der Waals surface area (Å²) < 4.78 is 50.5. The molecule has 9 heteroatoms. The van der Waals surface area contributed by atoms with Crippen LogP contribution >= 0.6 is 11.6 Å². The Bertz CT molecular complexity index is 1100. The van der Waals surface area contributed by atoms with Gasteiger partial charge >= 0.3 is 0 Å². The Balaban J connectivity index is 1.60. The fraction of sp³-hybridized carbons (Fsp3) is 0.273. The van der Waals surface area contributed by atoms with Crippen molar-refractivity contribution in [3.63, 3.8) is 0 Å². The van der Waals surface area contributed by atoms with Crippen LogP contribution in [0.15, 0.2) is 61.2 Å². The molecule has 1 fully saturated rings. The van der Waals surface area contributed by atoms with E-state index in [9.17, 15) is 17.2 Å². The molecule has 0 spiro atoms. The first-order chi connectivity index (χ1) is 14.9. The first-order valence-electron chi connectivity index (χ1n) is 9.73. The Kier molecular flexibility index (Phi) is 6.60. The summed E-state index contributed by atoms with van der Waals surface area (Å²) in [7, 11) is -2.71. The highest BCUT2D eigenvalue weighted by atomic mass is 35.5. The molecule has 0 radical (unpaired) electrons. The average molecular weight is 464 g/mol. The Labute approximate surface area is 185 Å². The van der Waals surface area contributed by atoms with Gasteiger partial charge in [0.15, 0.2) is 0 Å². The van der Waals surface area contributed by atoms with Crippen LogP contribution in [-0.2, 0) is 10.7 Å². The van der Waals surface area contributed by atoms with Crippen LogP contribution in [0.5, 0.6) is 0 Å². The van der Waals surface area contributed by atoms with Gasteiger partial charge in [0.25, 0.3) is 0 Å². The molecule has 0 amide bonds. The third-order valence-corrected chi connectivity index (χ3v) is 6.56. The van der Waals surface area contributed by atoms with Gasteiger partial charge in [0.2, 0.25) is 0 Å². The SMILES string of the molecule is O=[SH](=O)C[C@@H](c1cc(F)cc(F)c1)C1CN([C@H](c2ccc(Cl)cc2)c2cncnc2)C1. The summed E-state index contributed by atoms with van der Waals surface area (Å²) in [5, 5.41) is 0.626. The second-order valence-corrected chi connectivity index (χ2v) is 9.13. The molecule has 1 aromatic heterocycles. The number of rotatable bonds is 7. The number of nitrogens with zero attached hydrogens (tertiary/aromatic N) is 3. The molecule has 1 saturated heterocycles. The molecule has 4 rings (SSSR count). The number of halogens is 3. The van der Waals surface area contributed by atoms with Crippen molar-refractivity contribution in [1.82, 2.24) is 14.9 Å². The minimum Gasteiger partial charge on any atom is -0.292 e. The summed E-state index contributed by atoms with van der Waals surface area (Å²) in [6.45, 7) is 1.13. The molecule has 31 heavy (non-hydrogen) atoms. The van der Waals surface area contributed by atoms with Crippen LogP contribution in [0.4, 0.5) is 8.78 Å². The molecule has 0 aliphatic carbocycles. The number of aromatic nitrogens is 2. The third kappa shape index (κ3) is 5.08. The van der Waals surface area contributed by atoms with Gasteiger partial charge in [-0.2, -0.15) is 0 Å².